The molecule has 3 aromatic carbocycles. The molecule has 2 amide bonds. The average Bonchev–Trinajstić information content (AvgIpc) is 2.98. The number of hydrazine groups is 1. The molecule has 0 bridgehead atoms. The zero-order valence-corrected chi connectivity index (χ0v) is 22.7. The van der Waals surface area contributed by atoms with Crippen LogP contribution in [0.1, 0.15) is 37.9 Å². The Hall–Kier alpha value is -4.67. The number of para-hydroxylation sites is 1. The molecule has 1 unspecified atom stereocenters. The highest BCUT2D eigenvalue weighted by atomic mass is 16.6. The van der Waals surface area contributed by atoms with E-state index in [0.29, 0.717) is 41.6 Å². The van der Waals surface area contributed by atoms with Gasteiger partial charge in [0.25, 0.3) is 0 Å². The topological polar surface area (TPSA) is 144 Å². The number of aliphatic hydroxyl groups is 1. The molecular weight excluding hydrogens is 524 g/mol. The average molecular weight is 559 g/mol. The van der Waals surface area contributed by atoms with E-state index in [1.54, 1.807) is 24.3 Å². The third-order valence-electron chi connectivity index (χ3n) is 6.81. The second-order valence-electron chi connectivity index (χ2n) is 9.73. The monoisotopic (exact) mass is 558 g/mol. The molecule has 2 atom stereocenters. The van der Waals surface area contributed by atoms with Gasteiger partial charge in [-0.15, -0.1) is 0 Å². The number of phenolic OH excluding ortho intramolecular Hbond substituents is 1. The van der Waals surface area contributed by atoms with E-state index in [0.717, 1.165) is 24.0 Å². The number of ether oxygens (including phenoxy) is 1. The lowest BCUT2D eigenvalue weighted by molar-refractivity contribution is -0.122. The number of fused-ring (bicyclic) bond motifs is 1. The van der Waals surface area contributed by atoms with Crippen molar-refractivity contribution in [3.63, 3.8) is 0 Å². The highest BCUT2D eigenvalue weighted by Gasteiger charge is 2.18. The number of aromatic nitrogens is 1. The molecule has 4 rings (SSSR count). The fraction of sp³-hybridized carbons (Fsp3) is 0.258. The van der Waals surface area contributed by atoms with Gasteiger partial charge in [0, 0.05) is 23.6 Å². The van der Waals surface area contributed by atoms with E-state index in [9.17, 15) is 24.6 Å². The molecule has 214 valence electrons. The fourth-order valence-electron chi connectivity index (χ4n) is 4.61. The Kier molecular flexibility index (Phi) is 10.1. The summed E-state index contributed by atoms with van der Waals surface area (Å²) >= 11 is 0. The lowest BCUT2D eigenvalue weighted by atomic mass is 10.0. The van der Waals surface area contributed by atoms with Gasteiger partial charge in [0.05, 0.1) is 17.7 Å². The number of benzene rings is 3. The summed E-state index contributed by atoms with van der Waals surface area (Å²) in [4.78, 5) is 38.5. The predicted octanol–water partition coefficient (Wildman–Crippen LogP) is 4.24. The summed E-state index contributed by atoms with van der Waals surface area (Å²) in [5.41, 5.74) is 4.75. The van der Waals surface area contributed by atoms with Crippen molar-refractivity contribution in [2.24, 2.45) is 0 Å². The number of aromatic hydroxyl groups is 1. The van der Waals surface area contributed by atoms with E-state index in [4.69, 9.17) is 4.74 Å². The minimum absolute atomic E-state index is 0.0557. The molecule has 4 aromatic rings. The Bertz CT molecular complexity index is 1520. The third kappa shape index (κ3) is 7.71. The first-order chi connectivity index (χ1) is 19.9. The number of aromatic amines is 1. The molecule has 41 heavy (non-hydrogen) atoms. The number of carbonyl (C=O) groups is 2. The van der Waals surface area contributed by atoms with Gasteiger partial charge >= 0.3 is 6.09 Å². The van der Waals surface area contributed by atoms with Gasteiger partial charge in [0.15, 0.2) is 0 Å². The smallest absolute Gasteiger partial charge is 0.431 e. The number of hydrogen-bond donors (Lipinski definition) is 5. The maximum absolute atomic E-state index is 12.6. The minimum Gasteiger partial charge on any atom is -0.506 e. The number of pyridine rings is 1. The summed E-state index contributed by atoms with van der Waals surface area (Å²) in [5.74, 6) is 0.330. The molecular formula is C31H34N4O6. The lowest BCUT2D eigenvalue weighted by Gasteiger charge is -2.25. The summed E-state index contributed by atoms with van der Waals surface area (Å²) < 4.78 is 5.52. The molecule has 1 aromatic heterocycles. The molecule has 0 fully saturated rings. The van der Waals surface area contributed by atoms with Gasteiger partial charge < -0.3 is 25.3 Å². The number of rotatable bonds is 13. The third-order valence-corrected chi connectivity index (χ3v) is 6.81. The van der Waals surface area contributed by atoms with Crippen molar-refractivity contribution in [2.45, 2.75) is 38.3 Å². The second-order valence-corrected chi connectivity index (χ2v) is 9.73. The quantitative estimate of drug-likeness (QED) is 0.0938. The van der Waals surface area contributed by atoms with Crippen LogP contribution in [-0.4, -0.2) is 51.8 Å². The molecule has 0 aliphatic heterocycles. The van der Waals surface area contributed by atoms with Gasteiger partial charge in [-0.3, -0.25) is 14.6 Å². The maximum Gasteiger partial charge on any atom is 0.431 e. The Labute approximate surface area is 237 Å². The minimum atomic E-state index is -0.837. The van der Waals surface area contributed by atoms with Gasteiger partial charge in [0.2, 0.25) is 12.0 Å². The van der Waals surface area contributed by atoms with Crippen LogP contribution in [0.15, 0.2) is 83.7 Å². The first-order valence-electron chi connectivity index (χ1n) is 13.5. The molecule has 1 heterocycles. The summed E-state index contributed by atoms with van der Waals surface area (Å²) in [5, 5.41) is 25.7. The Morgan fingerprint density at radius 1 is 1.02 bits per heavy atom. The molecule has 10 heteroatoms. The summed E-state index contributed by atoms with van der Waals surface area (Å²) in [6.07, 6.45) is 1.16. The van der Waals surface area contributed by atoms with Gasteiger partial charge in [-0.25, -0.2) is 10.2 Å². The fourth-order valence-corrected chi connectivity index (χ4v) is 4.61. The largest absolute Gasteiger partial charge is 0.506 e. The SMILES string of the molecule is CC(CCCCNC[C@@H](O)c1ccc(O)c2[nH]c(=O)ccc12)N(C=O)NC(=O)Oc1ccccc1-c1ccccc1. The zero-order chi connectivity index (χ0) is 29.2. The maximum atomic E-state index is 12.6. The summed E-state index contributed by atoms with van der Waals surface area (Å²) in [6.45, 7) is 2.75. The Morgan fingerprint density at radius 2 is 1.78 bits per heavy atom. The van der Waals surface area contributed by atoms with Crippen LogP contribution in [0.25, 0.3) is 22.0 Å². The van der Waals surface area contributed by atoms with Gasteiger partial charge in [0.1, 0.15) is 11.5 Å². The summed E-state index contributed by atoms with van der Waals surface area (Å²) in [6, 6.07) is 22.5. The van der Waals surface area contributed by atoms with Crippen molar-refractivity contribution in [3.8, 4) is 22.6 Å². The van der Waals surface area contributed by atoms with Crippen LogP contribution in [0.3, 0.4) is 0 Å². The molecule has 0 radical (unpaired) electrons. The molecule has 10 nitrogen and oxygen atoms in total. The van der Waals surface area contributed by atoms with Crippen LogP contribution >= 0.6 is 0 Å². The van der Waals surface area contributed by atoms with E-state index in [2.05, 4.69) is 15.7 Å². The number of amides is 2. The standard InChI is InChI=1S/C31H34N4O6/c1-21(35(20-36)34-31(40)41-28-13-6-5-12-23(28)22-10-3-2-4-11-22)9-7-8-18-32-19-27(38)24-14-16-26(37)30-25(24)15-17-29(39)33-30/h2-6,10-17,20-21,27,32,37-38H,7-9,18-19H2,1H3,(H,33,39)(H,34,40)/t21?,27-/m1/s1. The van der Waals surface area contributed by atoms with Crippen LogP contribution < -0.4 is 21.0 Å². The van der Waals surface area contributed by atoms with Gasteiger partial charge in [-0.2, -0.15) is 0 Å². The van der Waals surface area contributed by atoms with Crippen LogP contribution in [0.5, 0.6) is 11.5 Å². The normalized spacial score (nSPS) is 12.4. The van der Waals surface area contributed by atoms with Gasteiger partial charge in [-0.05, 0) is 55.6 Å². The van der Waals surface area contributed by atoms with Gasteiger partial charge in [-0.1, -0.05) is 61.0 Å². The van der Waals surface area contributed by atoms with E-state index >= 15 is 0 Å². The number of H-pyrrole nitrogens is 1. The molecule has 0 spiro atoms. The molecule has 0 saturated carbocycles. The first kappa shape index (κ1) is 29.3. The van der Waals surface area contributed by atoms with Crippen LogP contribution in [0.2, 0.25) is 0 Å². The van der Waals surface area contributed by atoms with Crippen LogP contribution in [0.4, 0.5) is 4.79 Å². The molecule has 5 N–H and O–H groups in total. The number of phenols is 1. The van der Waals surface area contributed by atoms with Crippen LogP contribution in [0, 0.1) is 0 Å². The van der Waals surface area contributed by atoms with E-state index in [1.165, 1.54) is 17.1 Å². The highest BCUT2D eigenvalue weighted by Crippen LogP contribution is 2.30. The van der Waals surface area contributed by atoms with E-state index in [-0.39, 0.29) is 23.9 Å². The number of aliphatic hydroxyl groups excluding tert-OH is 1. The predicted molar refractivity (Wildman–Crippen MR) is 156 cm³/mol. The molecule has 0 aliphatic carbocycles. The highest BCUT2D eigenvalue weighted by molar-refractivity contribution is 5.87. The Balaban J connectivity index is 1.21. The zero-order valence-electron chi connectivity index (χ0n) is 22.7. The number of hydrogen-bond acceptors (Lipinski definition) is 7. The molecule has 0 saturated heterocycles. The first-order valence-corrected chi connectivity index (χ1v) is 13.5. The lowest BCUT2D eigenvalue weighted by Crippen LogP contribution is -2.47. The van der Waals surface area contributed by atoms with Crippen molar-refractivity contribution in [1.29, 1.82) is 0 Å². The van der Waals surface area contributed by atoms with E-state index < -0.39 is 12.2 Å². The number of nitrogens with zero attached hydrogens (tertiary/aromatic N) is 1. The molecule has 0 aliphatic rings. The summed E-state index contributed by atoms with van der Waals surface area (Å²) in [7, 11) is 0. The number of nitrogens with one attached hydrogen (secondary N) is 3. The van der Waals surface area contributed by atoms with Crippen molar-refractivity contribution in [1.82, 2.24) is 20.7 Å². The van der Waals surface area contributed by atoms with Crippen molar-refractivity contribution in [3.05, 3.63) is 94.8 Å². The van der Waals surface area contributed by atoms with Crippen LogP contribution in [-0.2, 0) is 4.79 Å². The Morgan fingerprint density at radius 3 is 2.56 bits per heavy atom. The van der Waals surface area contributed by atoms with Crippen molar-refractivity contribution in [2.75, 3.05) is 13.1 Å². The van der Waals surface area contributed by atoms with Crippen molar-refractivity contribution >= 4 is 23.4 Å². The number of carbonyl (C=O) groups excluding carboxylic acids is 2. The van der Waals surface area contributed by atoms with E-state index in [1.807, 2.05) is 49.4 Å². The number of unbranched alkanes of at least 4 members (excludes halogenated alkanes) is 1. The van der Waals surface area contributed by atoms with Crippen molar-refractivity contribution < 1.29 is 24.5 Å². The second kappa shape index (κ2) is 14.1.